The van der Waals surface area contributed by atoms with Gasteiger partial charge in [-0.3, -0.25) is 9.59 Å². The van der Waals surface area contributed by atoms with Crippen molar-refractivity contribution in [2.45, 2.75) is 77.2 Å². The third-order valence-corrected chi connectivity index (χ3v) is 11.2. The summed E-state index contributed by atoms with van der Waals surface area (Å²) in [6, 6.07) is 21.0. The second kappa shape index (κ2) is 18.6. The average Bonchev–Trinajstić information content (AvgIpc) is 4.10. The van der Waals surface area contributed by atoms with Gasteiger partial charge in [0.2, 0.25) is 11.8 Å². The van der Waals surface area contributed by atoms with Crippen molar-refractivity contribution in [2.24, 2.45) is 11.8 Å². The third-order valence-electron chi connectivity index (χ3n) is 11.2. The molecule has 0 saturated carbocycles. The third kappa shape index (κ3) is 9.64. The van der Waals surface area contributed by atoms with Crippen LogP contribution in [0.2, 0.25) is 0 Å². The molecular formula is C46H52N8O7. The summed E-state index contributed by atoms with van der Waals surface area (Å²) in [4.78, 5) is 71.8. The van der Waals surface area contributed by atoms with E-state index >= 15 is 0 Å². The molecule has 15 nitrogen and oxygen atoms in total. The number of H-pyrrole nitrogens is 2. The summed E-state index contributed by atoms with van der Waals surface area (Å²) in [5, 5.41) is 5.40. The fraction of sp³-hybridized carbons (Fsp3) is 0.391. The molecule has 7 rings (SSSR count). The number of hydrogen-bond acceptors (Lipinski definition) is 9. The van der Waals surface area contributed by atoms with E-state index in [2.05, 4.69) is 37.4 Å². The predicted octanol–water partition coefficient (Wildman–Crippen LogP) is 6.50. The Labute approximate surface area is 354 Å². The maximum absolute atomic E-state index is 14.1. The zero-order valence-electron chi connectivity index (χ0n) is 35.2. The Balaban J connectivity index is 1.05. The van der Waals surface area contributed by atoms with Crippen molar-refractivity contribution >= 4 is 35.0 Å². The molecule has 0 bridgehead atoms. The van der Waals surface area contributed by atoms with E-state index in [1.54, 1.807) is 16.0 Å². The first-order valence-electron chi connectivity index (χ1n) is 20.6. The molecule has 2 aliphatic heterocycles. The summed E-state index contributed by atoms with van der Waals surface area (Å²) >= 11 is 0. The summed E-state index contributed by atoms with van der Waals surface area (Å²) in [6.45, 7) is 8.43. The fourth-order valence-corrected chi connectivity index (χ4v) is 7.94. The van der Waals surface area contributed by atoms with Crippen LogP contribution in [0.1, 0.15) is 81.8 Å². The Bertz CT molecular complexity index is 2420. The molecule has 0 radical (unpaired) electrons. The quantitative estimate of drug-likeness (QED) is 0.108. The van der Waals surface area contributed by atoms with E-state index in [4.69, 9.17) is 19.2 Å². The van der Waals surface area contributed by atoms with Crippen LogP contribution >= 0.6 is 0 Å². The number of alkyl carbamates (subject to hydrolysis) is 2. The first-order chi connectivity index (χ1) is 29.4. The minimum absolute atomic E-state index is 0.118. The Morgan fingerprint density at radius 2 is 1.41 bits per heavy atom. The van der Waals surface area contributed by atoms with E-state index in [1.807, 2.05) is 100 Å². The molecule has 0 aliphatic carbocycles. The number of methoxy groups -OCH3 is 2. The first kappa shape index (κ1) is 42.3. The van der Waals surface area contributed by atoms with Crippen LogP contribution in [0.4, 0.5) is 9.59 Å². The number of aromatic amines is 2. The van der Waals surface area contributed by atoms with Crippen molar-refractivity contribution in [1.82, 2.24) is 40.4 Å². The van der Waals surface area contributed by atoms with E-state index in [0.29, 0.717) is 36.9 Å². The lowest BCUT2D eigenvalue weighted by Gasteiger charge is -2.30. The van der Waals surface area contributed by atoms with Gasteiger partial charge in [-0.05, 0) is 72.7 Å². The fourth-order valence-electron chi connectivity index (χ4n) is 7.94. The van der Waals surface area contributed by atoms with Crippen LogP contribution in [-0.4, -0.2) is 99.2 Å². The molecule has 0 spiro atoms. The number of aromatic nitrogens is 4. The van der Waals surface area contributed by atoms with Crippen LogP contribution in [0.3, 0.4) is 0 Å². The molecule has 4 amide bonds. The summed E-state index contributed by atoms with van der Waals surface area (Å²) in [5.41, 5.74) is 4.87. The smallest absolute Gasteiger partial charge is 0.407 e. The molecule has 3 aromatic carbocycles. The van der Waals surface area contributed by atoms with Crippen LogP contribution in [0, 0.1) is 23.7 Å². The van der Waals surface area contributed by atoms with Crippen LogP contribution < -0.4 is 15.4 Å². The monoisotopic (exact) mass is 828 g/mol. The number of likely N-dealkylation sites (tertiary alicyclic amines) is 2. The Hall–Kier alpha value is -6.82. The van der Waals surface area contributed by atoms with Gasteiger partial charge in [0.1, 0.15) is 35.6 Å². The highest BCUT2D eigenvalue weighted by molar-refractivity contribution is 5.87. The van der Waals surface area contributed by atoms with Crippen molar-refractivity contribution in [3.8, 4) is 28.8 Å². The highest BCUT2D eigenvalue weighted by atomic mass is 16.5. The van der Waals surface area contributed by atoms with Crippen LogP contribution in [0.5, 0.6) is 5.75 Å². The maximum atomic E-state index is 14.1. The van der Waals surface area contributed by atoms with Gasteiger partial charge in [-0.2, -0.15) is 0 Å². The van der Waals surface area contributed by atoms with Crippen molar-refractivity contribution in [2.75, 3.05) is 27.3 Å². The maximum Gasteiger partial charge on any atom is 0.407 e. The van der Waals surface area contributed by atoms with Crippen molar-refractivity contribution in [3.05, 3.63) is 102 Å². The molecular weight excluding hydrogens is 777 g/mol. The lowest BCUT2D eigenvalue weighted by Crippen LogP contribution is -2.51. The Morgan fingerprint density at radius 1 is 0.770 bits per heavy atom. The summed E-state index contributed by atoms with van der Waals surface area (Å²) in [5.74, 6) is 7.84. The van der Waals surface area contributed by atoms with E-state index in [0.717, 1.165) is 46.3 Å². The number of fused-ring (bicyclic) bond motifs is 1. The van der Waals surface area contributed by atoms with Gasteiger partial charge in [0.25, 0.3) is 0 Å². The number of para-hydroxylation sites is 1. The van der Waals surface area contributed by atoms with Crippen molar-refractivity contribution in [1.29, 1.82) is 0 Å². The zero-order chi connectivity index (χ0) is 43.2. The molecule has 4 N–H and O–H groups in total. The summed E-state index contributed by atoms with van der Waals surface area (Å²) in [7, 11) is 2.56. The number of hydrogen-bond donors (Lipinski definition) is 4. The average molecular weight is 829 g/mol. The number of amides is 4. The molecule has 5 atom stereocenters. The molecule has 5 aromatic rings. The minimum atomic E-state index is -0.801. The van der Waals surface area contributed by atoms with Gasteiger partial charge >= 0.3 is 12.2 Å². The first-order valence-corrected chi connectivity index (χ1v) is 20.6. The SMILES string of the molecule is COC(=O)N[C@H](C(=O)N1CCC[C@H]1c1ncc(-c2ccc(C#Cc3ccc4nc([C@@H]5C[C@@H](Oc6ccccc6)CN5C(=O)[C@@H](NC(=O)OC)C(C)C)[nH]c4c3)cc2)[nH]1)C(C)C. The lowest BCUT2D eigenvalue weighted by molar-refractivity contribution is -0.136. The molecule has 61 heavy (non-hydrogen) atoms. The molecule has 318 valence electrons. The standard InChI is InChI=1S/C46H52N8O7/c1-27(2)39(51-45(57)59-5)43(55)53-22-10-13-37(53)41-47-25-36(50-41)31-19-16-29(17-20-31)14-15-30-18-21-34-35(23-30)49-42(48-34)38-24-33(61-32-11-8-7-9-12-32)26-54(38)44(56)40(28(3)4)52-46(58)60-6/h7-9,11-12,16-21,23,25,27-28,33,37-40H,10,13,22,24,26H2,1-6H3,(H,47,50)(H,48,49)(H,51,57)(H,52,58)/t33-,37+,38+,39+,40+/m1/s1. The summed E-state index contributed by atoms with van der Waals surface area (Å²) < 4.78 is 15.9. The van der Waals surface area contributed by atoms with Gasteiger partial charge < -0.3 is 44.6 Å². The molecule has 2 aromatic heterocycles. The van der Waals surface area contributed by atoms with Crippen LogP contribution in [0.25, 0.3) is 22.3 Å². The molecule has 15 heteroatoms. The highest BCUT2D eigenvalue weighted by Gasteiger charge is 2.43. The Kier molecular flexibility index (Phi) is 12.9. The number of rotatable bonds is 11. The van der Waals surface area contributed by atoms with E-state index < -0.39 is 30.3 Å². The number of ether oxygens (including phenoxy) is 3. The van der Waals surface area contributed by atoms with Gasteiger partial charge in [-0.1, -0.05) is 69.9 Å². The van der Waals surface area contributed by atoms with Crippen LogP contribution in [-0.2, 0) is 19.1 Å². The number of imidazole rings is 2. The largest absolute Gasteiger partial charge is 0.488 e. The normalized spacial score (nSPS) is 18.4. The van der Waals surface area contributed by atoms with Gasteiger partial charge in [0.15, 0.2) is 0 Å². The van der Waals surface area contributed by atoms with E-state index in [1.165, 1.54) is 14.2 Å². The topological polar surface area (TPSA) is 184 Å². The number of nitrogens with one attached hydrogen (secondary N) is 4. The molecule has 2 saturated heterocycles. The van der Waals surface area contributed by atoms with Gasteiger partial charge in [-0.15, -0.1) is 0 Å². The Morgan fingerprint density at radius 3 is 2.07 bits per heavy atom. The van der Waals surface area contributed by atoms with Crippen LogP contribution in [0.15, 0.2) is 79.0 Å². The molecule has 2 fully saturated rings. The number of carbonyl (C=O) groups excluding carboxylic acids is 4. The van der Waals surface area contributed by atoms with E-state index in [9.17, 15) is 19.2 Å². The van der Waals surface area contributed by atoms with Crippen molar-refractivity contribution in [3.63, 3.8) is 0 Å². The highest BCUT2D eigenvalue weighted by Crippen LogP contribution is 2.36. The lowest BCUT2D eigenvalue weighted by atomic mass is 10.0. The van der Waals surface area contributed by atoms with Gasteiger partial charge in [-0.25, -0.2) is 19.6 Å². The molecule has 4 heterocycles. The number of benzene rings is 3. The summed E-state index contributed by atoms with van der Waals surface area (Å²) in [6.07, 6.45) is 2.27. The number of carbonyl (C=O) groups is 4. The number of nitrogens with zero attached hydrogens (tertiary/aromatic N) is 4. The zero-order valence-corrected chi connectivity index (χ0v) is 35.2. The minimum Gasteiger partial charge on any atom is -0.488 e. The van der Waals surface area contributed by atoms with Gasteiger partial charge in [0, 0.05) is 24.1 Å². The van der Waals surface area contributed by atoms with Gasteiger partial charge in [0.05, 0.1) is 55.8 Å². The second-order valence-corrected chi connectivity index (χ2v) is 16.1. The van der Waals surface area contributed by atoms with E-state index in [-0.39, 0.29) is 35.8 Å². The second-order valence-electron chi connectivity index (χ2n) is 16.1. The predicted molar refractivity (Wildman–Crippen MR) is 228 cm³/mol. The molecule has 2 aliphatic rings. The molecule has 0 unspecified atom stereocenters. The van der Waals surface area contributed by atoms with Crippen molar-refractivity contribution < 1.29 is 33.4 Å².